The number of aromatic nitrogens is 1. The molecule has 4 rings (SSSR count). The normalized spacial score (nSPS) is 15.1. The molecule has 0 spiro atoms. The van der Waals surface area contributed by atoms with Crippen molar-refractivity contribution in [1.82, 2.24) is 4.57 Å². The van der Waals surface area contributed by atoms with Gasteiger partial charge in [-0.3, -0.25) is 19.5 Å². The van der Waals surface area contributed by atoms with Crippen LogP contribution in [0.2, 0.25) is 0 Å². The predicted molar refractivity (Wildman–Crippen MR) is 139 cm³/mol. The number of phenols is 1. The number of esters is 1. The van der Waals surface area contributed by atoms with Gasteiger partial charge < -0.3 is 19.3 Å². The van der Waals surface area contributed by atoms with E-state index in [2.05, 4.69) is 4.99 Å². The Labute approximate surface area is 220 Å². The molecule has 12 heteroatoms. The molecule has 0 bridgehead atoms. The summed E-state index contributed by atoms with van der Waals surface area (Å²) in [5.41, 5.74) is 0.485. The Balaban J connectivity index is 1.96. The van der Waals surface area contributed by atoms with Gasteiger partial charge in [-0.15, -0.1) is 0 Å². The molecule has 2 aromatic carbocycles. The Kier molecular flexibility index (Phi) is 7.62. The van der Waals surface area contributed by atoms with Crippen molar-refractivity contribution in [1.29, 1.82) is 0 Å². The maximum absolute atomic E-state index is 13.7. The Hall–Kier alpha value is -4.45. The molecule has 38 heavy (non-hydrogen) atoms. The van der Waals surface area contributed by atoms with Crippen LogP contribution in [0.25, 0.3) is 6.08 Å². The molecule has 0 saturated carbocycles. The van der Waals surface area contributed by atoms with E-state index < -0.39 is 22.5 Å². The third kappa shape index (κ3) is 4.90. The van der Waals surface area contributed by atoms with Crippen molar-refractivity contribution in [3.8, 4) is 17.2 Å². The molecule has 0 radical (unpaired) electrons. The van der Waals surface area contributed by atoms with Crippen LogP contribution < -0.4 is 24.4 Å². The van der Waals surface area contributed by atoms with Gasteiger partial charge >= 0.3 is 5.97 Å². The van der Waals surface area contributed by atoms with Gasteiger partial charge in [-0.05, 0) is 44.5 Å². The van der Waals surface area contributed by atoms with Crippen molar-refractivity contribution in [2.75, 3.05) is 20.3 Å². The maximum atomic E-state index is 13.7. The lowest BCUT2D eigenvalue weighted by Crippen LogP contribution is -2.39. The molecule has 198 valence electrons. The first-order chi connectivity index (χ1) is 18.2. The van der Waals surface area contributed by atoms with Gasteiger partial charge in [0.25, 0.3) is 11.2 Å². The van der Waals surface area contributed by atoms with E-state index in [0.29, 0.717) is 21.8 Å². The number of allylic oxidation sites excluding steroid dienone is 1. The minimum atomic E-state index is -0.837. The fourth-order valence-electron chi connectivity index (χ4n) is 4.13. The van der Waals surface area contributed by atoms with Gasteiger partial charge in [0.15, 0.2) is 16.3 Å². The zero-order chi connectivity index (χ0) is 27.6. The number of thiazole rings is 1. The fourth-order valence-corrected chi connectivity index (χ4v) is 5.17. The van der Waals surface area contributed by atoms with E-state index in [1.165, 1.54) is 17.8 Å². The second kappa shape index (κ2) is 10.9. The monoisotopic (exact) mass is 539 g/mol. The number of phenolic OH excluding ortho intramolecular Hbond substituents is 1. The number of ether oxygens (including phenoxy) is 3. The topological polar surface area (TPSA) is 142 Å². The summed E-state index contributed by atoms with van der Waals surface area (Å²) < 4.78 is 17.4. The Morgan fingerprint density at radius 2 is 1.95 bits per heavy atom. The molecule has 0 aliphatic carbocycles. The van der Waals surface area contributed by atoms with Crippen LogP contribution in [-0.4, -0.2) is 40.9 Å². The Bertz CT molecular complexity index is 1620. The smallest absolute Gasteiger partial charge is 0.338 e. The lowest BCUT2D eigenvalue weighted by molar-refractivity contribution is -0.385. The summed E-state index contributed by atoms with van der Waals surface area (Å²) in [6, 6.07) is 8.39. The van der Waals surface area contributed by atoms with E-state index in [4.69, 9.17) is 14.2 Å². The molecule has 1 aliphatic rings. The number of hydrogen-bond acceptors (Lipinski definition) is 10. The van der Waals surface area contributed by atoms with Crippen LogP contribution in [0, 0.1) is 10.1 Å². The number of nitro benzene ring substituents is 1. The molecule has 3 aromatic rings. The van der Waals surface area contributed by atoms with Crippen LogP contribution in [-0.2, 0) is 9.53 Å². The van der Waals surface area contributed by atoms with Crippen molar-refractivity contribution < 1.29 is 29.0 Å². The third-order valence-corrected chi connectivity index (χ3v) is 6.82. The van der Waals surface area contributed by atoms with Crippen LogP contribution >= 0.6 is 11.3 Å². The molecule has 2 heterocycles. The molecule has 0 unspecified atom stereocenters. The molecule has 1 atom stereocenters. The predicted octanol–water partition coefficient (Wildman–Crippen LogP) is 2.82. The molecular weight excluding hydrogens is 514 g/mol. The van der Waals surface area contributed by atoms with E-state index in [1.807, 2.05) is 0 Å². The maximum Gasteiger partial charge on any atom is 0.338 e. The Morgan fingerprint density at radius 1 is 1.24 bits per heavy atom. The minimum Gasteiger partial charge on any atom is -0.504 e. The third-order valence-electron chi connectivity index (χ3n) is 5.84. The standard InChI is InChI=1S/C26H25N3O8S/c1-5-36-19-13-17(29(33)34)11-16(23(19)30)12-20-24(31)28-22(15-7-9-18(35-4)10-8-15)21(25(32)37-6-2)14(3)27-26(28)38-20/h7-13,22,30H,5-6H2,1-4H3/b20-12+/t22-/m1/s1. The van der Waals surface area contributed by atoms with Crippen molar-refractivity contribution >= 4 is 29.1 Å². The number of rotatable bonds is 8. The number of carbonyl (C=O) groups is 1. The summed E-state index contributed by atoms with van der Waals surface area (Å²) in [7, 11) is 1.53. The largest absolute Gasteiger partial charge is 0.504 e. The van der Waals surface area contributed by atoms with Crippen molar-refractivity contribution in [2.24, 2.45) is 4.99 Å². The van der Waals surface area contributed by atoms with Crippen LogP contribution in [0.4, 0.5) is 5.69 Å². The van der Waals surface area contributed by atoms with Gasteiger partial charge in [0.2, 0.25) is 0 Å². The highest BCUT2D eigenvalue weighted by atomic mass is 32.1. The summed E-state index contributed by atoms with van der Waals surface area (Å²) >= 11 is 1.03. The van der Waals surface area contributed by atoms with Gasteiger partial charge in [-0.25, -0.2) is 9.79 Å². The van der Waals surface area contributed by atoms with Crippen LogP contribution in [0.3, 0.4) is 0 Å². The van der Waals surface area contributed by atoms with Crippen molar-refractivity contribution in [2.45, 2.75) is 26.8 Å². The number of nitro groups is 1. The first kappa shape index (κ1) is 26.6. The number of nitrogens with zero attached hydrogens (tertiary/aromatic N) is 3. The first-order valence-electron chi connectivity index (χ1n) is 11.7. The van der Waals surface area contributed by atoms with E-state index in [-0.39, 0.29) is 46.1 Å². The van der Waals surface area contributed by atoms with Gasteiger partial charge in [0.05, 0.1) is 53.2 Å². The zero-order valence-electron chi connectivity index (χ0n) is 21.1. The number of non-ortho nitro benzene ring substituents is 1. The van der Waals surface area contributed by atoms with Gasteiger partial charge in [0, 0.05) is 11.6 Å². The quantitative estimate of drug-likeness (QED) is 0.262. The highest BCUT2D eigenvalue weighted by molar-refractivity contribution is 7.07. The summed E-state index contributed by atoms with van der Waals surface area (Å²) in [5.74, 6) is -0.400. The molecule has 11 nitrogen and oxygen atoms in total. The zero-order valence-corrected chi connectivity index (χ0v) is 21.9. The van der Waals surface area contributed by atoms with E-state index in [0.717, 1.165) is 23.5 Å². The average molecular weight is 540 g/mol. The van der Waals surface area contributed by atoms with E-state index >= 15 is 0 Å². The van der Waals surface area contributed by atoms with Crippen molar-refractivity contribution in [3.05, 3.63) is 88.6 Å². The molecule has 1 N–H and O–H groups in total. The molecule has 0 amide bonds. The minimum absolute atomic E-state index is 0.0373. The number of hydrogen-bond donors (Lipinski definition) is 1. The first-order valence-corrected chi connectivity index (χ1v) is 12.5. The van der Waals surface area contributed by atoms with Crippen LogP contribution in [0.15, 0.2) is 57.5 Å². The molecule has 0 fully saturated rings. The molecule has 1 aromatic heterocycles. The summed E-state index contributed by atoms with van der Waals surface area (Å²) in [6.45, 7) is 5.35. The molecule has 0 saturated heterocycles. The van der Waals surface area contributed by atoms with Crippen LogP contribution in [0.1, 0.15) is 37.9 Å². The molecule has 1 aliphatic heterocycles. The summed E-state index contributed by atoms with van der Waals surface area (Å²) in [4.78, 5) is 42.4. The highest BCUT2D eigenvalue weighted by Crippen LogP contribution is 2.35. The van der Waals surface area contributed by atoms with E-state index in [1.54, 1.807) is 45.0 Å². The fraction of sp³-hybridized carbons (Fsp3) is 0.269. The SMILES string of the molecule is CCOC(=O)C1=C(C)N=c2s/c(=C/c3cc([N+](=O)[O-])cc(OCC)c3O)c(=O)n2[C@@H]1c1ccc(OC)cc1. The van der Waals surface area contributed by atoms with E-state index in [9.17, 15) is 24.8 Å². The number of methoxy groups -OCH3 is 1. The Morgan fingerprint density at radius 3 is 2.55 bits per heavy atom. The number of aromatic hydroxyl groups is 1. The average Bonchev–Trinajstić information content (AvgIpc) is 3.19. The molecular formula is C26H25N3O8S. The lowest BCUT2D eigenvalue weighted by atomic mass is 9.96. The number of fused-ring (bicyclic) bond motifs is 1. The van der Waals surface area contributed by atoms with Crippen LogP contribution in [0.5, 0.6) is 17.2 Å². The second-order valence-electron chi connectivity index (χ2n) is 8.15. The highest BCUT2D eigenvalue weighted by Gasteiger charge is 2.33. The summed E-state index contributed by atoms with van der Waals surface area (Å²) in [6.07, 6.45) is 1.35. The second-order valence-corrected chi connectivity index (χ2v) is 9.16. The van der Waals surface area contributed by atoms with Gasteiger partial charge in [-0.1, -0.05) is 23.5 Å². The lowest BCUT2D eigenvalue weighted by Gasteiger charge is -2.24. The van der Waals surface area contributed by atoms with Crippen molar-refractivity contribution in [3.63, 3.8) is 0 Å². The summed E-state index contributed by atoms with van der Waals surface area (Å²) in [5, 5.41) is 22.1. The number of benzene rings is 2. The van der Waals surface area contributed by atoms with Gasteiger partial charge in [-0.2, -0.15) is 0 Å². The van der Waals surface area contributed by atoms with Gasteiger partial charge in [0.1, 0.15) is 5.75 Å². The number of carbonyl (C=O) groups excluding carboxylic acids is 1.